The van der Waals surface area contributed by atoms with Crippen LogP contribution in [-0.4, -0.2) is 49.6 Å². The van der Waals surface area contributed by atoms with Crippen LogP contribution in [0.2, 0.25) is 0 Å². The van der Waals surface area contributed by atoms with E-state index in [1.807, 2.05) is 6.07 Å². The van der Waals surface area contributed by atoms with Crippen molar-refractivity contribution >= 4 is 11.6 Å². The number of nitrogens with one attached hydrogen (secondary N) is 1. The van der Waals surface area contributed by atoms with E-state index < -0.39 is 0 Å². The van der Waals surface area contributed by atoms with Crippen molar-refractivity contribution in [3.8, 4) is 11.3 Å². The Morgan fingerprint density at radius 2 is 1.68 bits per heavy atom. The molecule has 1 aromatic carbocycles. The van der Waals surface area contributed by atoms with Crippen LogP contribution in [0.15, 0.2) is 40.8 Å². The third-order valence-corrected chi connectivity index (χ3v) is 6.68. The SMILES string of the molecule is O=C(NC1CN2CCC1CC2)c1ccc(-c2ccc(N3CCCCC3)cc2)o1. The maximum atomic E-state index is 12.7. The molecule has 148 valence electrons. The molecule has 4 aliphatic heterocycles. The number of furan rings is 1. The summed E-state index contributed by atoms with van der Waals surface area (Å²) in [7, 11) is 0. The first-order chi connectivity index (χ1) is 13.8. The maximum Gasteiger partial charge on any atom is 0.287 e. The summed E-state index contributed by atoms with van der Waals surface area (Å²) >= 11 is 0. The van der Waals surface area contributed by atoms with E-state index in [9.17, 15) is 4.79 Å². The molecule has 28 heavy (non-hydrogen) atoms. The lowest BCUT2D eigenvalue weighted by Crippen LogP contribution is -2.57. The van der Waals surface area contributed by atoms with Gasteiger partial charge in [-0.15, -0.1) is 0 Å². The molecule has 1 amide bonds. The van der Waals surface area contributed by atoms with Crippen molar-refractivity contribution in [1.82, 2.24) is 10.2 Å². The lowest BCUT2D eigenvalue weighted by Gasteiger charge is -2.44. The van der Waals surface area contributed by atoms with Gasteiger partial charge in [0, 0.05) is 36.9 Å². The van der Waals surface area contributed by atoms with Crippen molar-refractivity contribution < 1.29 is 9.21 Å². The molecule has 4 fully saturated rings. The quantitative estimate of drug-likeness (QED) is 0.879. The number of nitrogens with zero attached hydrogens (tertiary/aromatic N) is 2. The third kappa shape index (κ3) is 3.55. The first kappa shape index (κ1) is 17.8. The predicted octanol–water partition coefficient (Wildman–Crippen LogP) is 3.76. The zero-order valence-electron chi connectivity index (χ0n) is 16.4. The van der Waals surface area contributed by atoms with Crippen LogP contribution in [0.25, 0.3) is 11.3 Å². The number of hydrogen-bond acceptors (Lipinski definition) is 4. The topological polar surface area (TPSA) is 48.7 Å². The second kappa shape index (κ2) is 7.63. The monoisotopic (exact) mass is 379 g/mol. The van der Waals surface area contributed by atoms with Gasteiger partial charge in [0.2, 0.25) is 0 Å². The van der Waals surface area contributed by atoms with E-state index in [-0.39, 0.29) is 11.9 Å². The predicted molar refractivity (Wildman–Crippen MR) is 111 cm³/mol. The molecule has 6 rings (SSSR count). The second-order valence-corrected chi connectivity index (χ2v) is 8.48. The van der Waals surface area contributed by atoms with E-state index in [0.29, 0.717) is 11.7 Å². The average molecular weight is 380 g/mol. The van der Waals surface area contributed by atoms with Gasteiger partial charge in [-0.05, 0) is 87.5 Å². The fourth-order valence-corrected chi connectivity index (χ4v) is 4.97. The zero-order chi connectivity index (χ0) is 18.9. The Kier molecular flexibility index (Phi) is 4.85. The molecule has 5 heterocycles. The van der Waals surface area contributed by atoms with E-state index in [1.54, 1.807) is 6.07 Å². The van der Waals surface area contributed by atoms with Crippen LogP contribution in [0, 0.1) is 5.92 Å². The van der Waals surface area contributed by atoms with Crippen LogP contribution in [0.3, 0.4) is 0 Å². The van der Waals surface area contributed by atoms with Gasteiger partial charge in [-0.2, -0.15) is 0 Å². The second-order valence-electron chi connectivity index (χ2n) is 8.48. The molecule has 5 heteroatoms. The van der Waals surface area contributed by atoms with Crippen molar-refractivity contribution in [2.24, 2.45) is 5.92 Å². The molecule has 4 saturated heterocycles. The fourth-order valence-electron chi connectivity index (χ4n) is 4.97. The van der Waals surface area contributed by atoms with Crippen molar-refractivity contribution in [3.05, 3.63) is 42.2 Å². The summed E-state index contributed by atoms with van der Waals surface area (Å²) in [5.41, 5.74) is 2.29. The molecule has 1 atom stereocenters. The minimum atomic E-state index is -0.0880. The highest BCUT2D eigenvalue weighted by molar-refractivity contribution is 5.92. The van der Waals surface area contributed by atoms with E-state index in [4.69, 9.17) is 4.42 Å². The van der Waals surface area contributed by atoms with Crippen LogP contribution in [-0.2, 0) is 0 Å². The number of rotatable bonds is 4. The minimum absolute atomic E-state index is 0.0880. The standard InChI is InChI=1S/C23H29N3O2/c27-23(24-20-16-25-14-10-17(20)11-15-25)22-9-8-21(28-22)18-4-6-19(7-5-18)26-12-2-1-3-13-26/h4-9,17,20H,1-3,10-16H2,(H,24,27). The Hall–Kier alpha value is -2.27. The Bertz CT molecular complexity index is 815. The molecule has 2 aromatic rings. The molecule has 1 aromatic heterocycles. The Balaban J connectivity index is 1.24. The highest BCUT2D eigenvalue weighted by Crippen LogP contribution is 2.29. The Labute approximate surface area is 166 Å². The molecule has 2 bridgehead atoms. The number of anilines is 1. The van der Waals surface area contributed by atoms with Gasteiger partial charge in [-0.1, -0.05) is 0 Å². The molecule has 5 nitrogen and oxygen atoms in total. The zero-order valence-corrected chi connectivity index (χ0v) is 16.4. The van der Waals surface area contributed by atoms with E-state index >= 15 is 0 Å². The van der Waals surface area contributed by atoms with Gasteiger partial charge in [-0.25, -0.2) is 0 Å². The van der Waals surface area contributed by atoms with Gasteiger partial charge in [-0.3, -0.25) is 4.79 Å². The highest BCUT2D eigenvalue weighted by Gasteiger charge is 2.35. The van der Waals surface area contributed by atoms with Gasteiger partial charge in [0.25, 0.3) is 5.91 Å². The van der Waals surface area contributed by atoms with Crippen LogP contribution in [0.4, 0.5) is 5.69 Å². The van der Waals surface area contributed by atoms with Gasteiger partial charge in [0.1, 0.15) is 5.76 Å². The van der Waals surface area contributed by atoms with Crippen molar-refractivity contribution in [2.75, 3.05) is 37.6 Å². The number of benzene rings is 1. The Morgan fingerprint density at radius 3 is 2.36 bits per heavy atom. The largest absolute Gasteiger partial charge is 0.451 e. The van der Waals surface area contributed by atoms with Gasteiger partial charge in [0.15, 0.2) is 5.76 Å². The molecule has 0 spiro atoms. The van der Waals surface area contributed by atoms with Gasteiger partial charge < -0.3 is 19.5 Å². The molecular formula is C23H29N3O2. The summed E-state index contributed by atoms with van der Waals surface area (Å²) in [4.78, 5) is 17.6. The van der Waals surface area contributed by atoms with Crippen molar-refractivity contribution in [3.63, 3.8) is 0 Å². The molecule has 1 unspecified atom stereocenters. The van der Waals surface area contributed by atoms with Gasteiger partial charge >= 0.3 is 0 Å². The van der Waals surface area contributed by atoms with Gasteiger partial charge in [0.05, 0.1) is 0 Å². The Morgan fingerprint density at radius 1 is 0.929 bits per heavy atom. The minimum Gasteiger partial charge on any atom is -0.451 e. The van der Waals surface area contributed by atoms with Crippen LogP contribution >= 0.6 is 0 Å². The van der Waals surface area contributed by atoms with Crippen LogP contribution < -0.4 is 10.2 Å². The summed E-state index contributed by atoms with van der Waals surface area (Å²) in [5.74, 6) is 1.69. The number of piperidine rings is 4. The fraction of sp³-hybridized carbons (Fsp3) is 0.522. The lowest BCUT2D eigenvalue weighted by atomic mass is 9.84. The maximum absolute atomic E-state index is 12.7. The molecule has 4 aliphatic rings. The van der Waals surface area contributed by atoms with Crippen molar-refractivity contribution in [1.29, 1.82) is 0 Å². The highest BCUT2D eigenvalue weighted by atomic mass is 16.3. The summed E-state index contributed by atoms with van der Waals surface area (Å²) in [6.45, 7) is 5.61. The number of fused-ring (bicyclic) bond motifs is 3. The van der Waals surface area contributed by atoms with E-state index in [0.717, 1.165) is 31.0 Å². The number of amides is 1. The molecule has 0 radical (unpaired) electrons. The third-order valence-electron chi connectivity index (χ3n) is 6.68. The summed E-state index contributed by atoms with van der Waals surface area (Å²) in [5, 5.41) is 3.20. The van der Waals surface area contributed by atoms with E-state index in [2.05, 4.69) is 39.4 Å². The summed E-state index contributed by atoms with van der Waals surface area (Å²) in [6.07, 6.45) is 6.27. The molecule has 0 saturated carbocycles. The van der Waals surface area contributed by atoms with Crippen LogP contribution in [0.5, 0.6) is 0 Å². The van der Waals surface area contributed by atoms with Crippen molar-refractivity contribution in [2.45, 2.75) is 38.1 Å². The van der Waals surface area contributed by atoms with Crippen LogP contribution in [0.1, 0.15) is 42.7 Å². The smallest absolute Gasteiger partial charge is 0.287 e. The first-order valence-electron chi connectivity index (χ1n) is 10.7. The molecule has 1 N–H and O–H groups in total. The summed E-state index contributed by atoms with van der Waals surface area (Å²) in [6, 6.07) is 12.5. The normalized spacial score (nSPS) is 27.0. The first-order valence-corrected chi connectivity index (χ1v) is 10.7. The average Bonchev–Trinajstić information content (AvgIpc) is 3.26. The lowest BCUT2D eigenvalue weighted by molar-refractivity contribution is 0.0606. The number of hydrogen-bond donors (Lipinski definition) is 1. The molecule has 0 aliphatic carbocycles. The molecular weight excluding hydrogens is 350 g/mol. The van der Waals surface area contributed by atoms with E-state index in [1.165, 1.54) is 50.9 Å². The number of carbonyl (C=O) groups excluding carboxylic acids is 1. The summed E-state index contributed by atoms with van der Waals surface area (Å²) < 4.78 is 5.90. The number of carbonyl (C=O) groups is 1.